The molecule has 0 saturated carbocycles. The fourth-order valence-corrected chi connectivity index (χ4v) is 6.32. The lowest BCUT2D eigenvalue weighted by molar-refractivity contribution is -0.163. The summed E-state index contributed by atoms with van der Waals surface area (Å²) in [5.41, 5.74) is 0.634. The number of aromatic nitrogens is 2. The molecule has 0 bridgehead atoms. The predicted molar refractivity (Wildman–Crippen MR) is 122 cm³/mol. The van der Waals surface area contributed by atoms with Crippen LogP contribution >= 0.6 is 34.4 Å². The fourth-order valence-electron chi connectivity index (χ4n) is 3.40. The number of amides is 2. The lowest BCUT2D eigenvalue weighted by Crippen LogP contribution is -2.70. The van der Waals surface area contributed by atoms with Gasteiger partial charge in [0, 0.05) is 4.88 Å². The molecule has 1 aliphatic heterocycles. The quantitative estimate of drug-likeness (QED) is 0.384. The van der Waals surface area contributed by atoms with Crippen LogP contribution in [0.25, 0.3) is 0 Å². The molecule has 11 heteroatoms. The molecule has 166 valence electrons. The average molecular weight is 489 g/mol. The average Bonchev–Trinajstić information content (AvgIpc) is 3.46. The molecule has 1 aliphatic rings. The number of nitrogens with one attached hydrogen (secondary N) is 1. The van der Waals surface area contributed by atoms with Gasteiger partial charge in [0.1, 0.15) is 16.4 Å². The topological polar surface area (TPSA) is 101 Å². The van der Waals surface area contributed by atoms with Gasteiger partial charge < -0.3 is 15.0 Å². The van der Waals surface area contributed by atoms with Crippen LogP contribution < -0.4 is 5.32 Å². The number of carbonyl (C=O) groups is 3. The maximum Gasteiger partial charge on any atom is 0.333 e. The van der Waals surface area contributed by atoms with Gasteiger partial charge in [-0.3, -0.25) is 9.59 Å². The number of esters is 1. The SMILES string of the molecule is COC(=O)C(c1ccccc1)N1C(=O)C(NC(=O)Cc2cccs2)C1Sc1nnc(C)s1. The Balaban J connectivity index is 1.60. The minimum atomic E-state index is -0.925. The number of rotatable bonds is 8. The van der Waals surface area contributed by atoms with Gasteiger partial charge in [-0.25, -0.2) is 4.79 Å². The third-order valence-electron chi connectivity index (χ3n) is 4.86. The van der Waals surface area contributed by atoms with Gasteiger partial charge in [-0.2, -0.15) is 0 Å². The first-order valence-corrected chi connectivity index (χ1v) is 12.3. The number of thiophene rings is 1. The summed E-state index contributed by atoms with van der Waals surface area (Å²) in [6.07, 6.45) is 0.190. The van der Waals surface area contributed by atoms with Crippen LogP contribution in [0.1, 0.15) is 21.5 Å². The Morgan fingerprint density at radius 3 is 2.62 bits per heavy atom. The fraction of sp³-hybridized carbons (Fsp3) is 0.286. The van der Waals surface area contributed by atoms with Crippen molar-refractivity contribution in [3.63, 3.8) is 0 Å². The monoisotopic (exact) mass is 488 g/mol. The van der Waals surface area contributed by atoms with Gasteiger partial charge in [0.05, 0.1) is 13.5 Å². The number of thioether (sulfide) groups is 1. The Morgan fingerprint density at radius 1 is 1.22 bits per heavy atom. The second kappa shape index (κ2) is 9.80. The third kappa shape index (κ3) is 4.69. The van der Waals surface area contributed by atoms with Crippen molar-refractivity contribution in [3.8, 4) is 0 Å². The van der Waals surface area contributed by atoms with Crippen molar-refractivity contribution in [2.24, 2.45) is 0 Å². The van der Waals surface area contributed by atoms with E-state index < -0.39 is 23.4 Å². The zero-order valence-electron chi connectivity index (χ0n) is 17.3. The van der Waals surface area contributed by atoms with Crippen molar-refractivity contribution in [1.29, 1.82) is 0 Å². The summed E-state index contributed by atoms with van der Waals surface area (Å²) < 4.78 is 5.66. The molecule has 0 spiro atoms. The molecule has 3 unspecified atom stereocenters. The van der Waals surface area contributed by atoms with Crippen LogP contribution in [0.15, 0.2) is 52.2 Å². The van der Waals surface area contributed by atoms with Gasteiger partial charge in [-0.1, -0.05) is 59.5 Å². The molecule has 1 saturated heterocycles. The number of hydrogen-bond acceptors (Lipinski definition) is 9. The second-order valence-corrected chi connectivity index (χ2v) is 10.6. The summed E-state index contributed by atoms with van der Waals surface area (Å²) in [5.74, 6) is -1.15. The molecule has 2 aromatic heterocycles. The van der Waals surface area contributed by atoms with Crippen LogP contribution in [0.3, 0.4) is 0 Å². The molecule has 1 aromatic carbocycles. The Hall–Kier alpha value is -2.76. The van der Waals surface area contributed by atoms with Gasteiger partial charge in [-0.15, -0.1) is 21.5 Å². The largest absolute Gasteiger partial charge is 0.467 e. The van der Waals surface area contributed by atoms with Gasteiger partial charge in [0.15, 0.2) is 10.4 Å². The van der Waals surface area contributed by atoms with Gasteiger partial charge in [0.25, 0.3) is 0 Å². The standard InChI is InChI=1S/C21H20N4O4S3/c1-12-23-24-21(31-12)32-19-16(22-15(26)11-14-9-6-10-30-14)18(27)25(19)17(20(28)29-2)13-7-4-3-5-8-13/h3-10,16-17,19H,11H2,1-2H3,(H,22,26). The maximum atomic E-state index is 13.2. The molecule has 2 amide bonds. The highest BCUT2D eigenvalue weighted by atomic mass is 32.2. The van der Waals surface area contributed by atoms with E-state index in [1.54, 1.807) is 24.3 Å². The maximum absolute atomic E-state index is 13.2. The van der Waals surface area contributed by atoms with Gasteiger partial charge >= 0.3 is 5.97 Å². The molecule has 3 aromatic rings. The van der Waals surface area contributed by atoms with Crippen LogP contribution in [-0.4, -0.2) is 51.4 Å². The van der Waals surface area contributed by atoms with E-state index in [9.17, 15) is 14.4 Å². The van der Waals surface area contributed by atoms with E-state index in [-0.39, 0.29) is 18.2 Å². The summed E-state index contributed by atoms with van der Waals surface area (Å²) in [4.78, 5) is 40.9. The van der Waals surface area contributed by atoms with E-state index in [2.05, 4.69) is 15.5 Å². The molecule has 3 heterocycles. The number of β-lactam (4-membered cyclic amide) rings is 1. The van der Waals surface area contributed by atoms with Gasteiger partial charge in [0.2, 0.25) is 11.8 Å². The molecule has 8 nitrogen and oxygen atoms in total. The molecule has 0 aliphatic carbocycles. The lowest BCUT2D eigenvalue weighted by atomic mass is 9.97. The molecule has 32 heavy (non-hydrogen) atoms. The van der Waals surface area contributed by atoms with E-state index in [0.717, 1.165) is 9.88 Å². The number of aryl methyl sites for hydroxylation is 1. The van der Waals surface area contributed by atoms with Crippen LogP contribution in [0.2, 0.25) is 0 Å². The molecular weight excluding hydrogens is 468 g/mol. The van der Waals surface area contributed by atoms with Crippen LogP contribution in [0, 0.1) is 6.92 Å². The number of methoxy groups -OCH3 is 1. The summed E-state index contributed by atoms with van der Waals surface area (Å²) in [6.45, 7) is 1.84. The summed E-state index contributed by atoms with van der Waals surface area (Å²) >= 11 is 4.17. The first-order valence-electron chi connectivity index (χ1n) is 9.71. The van der Waals surface area contributed by atoms with Crippen LogP contribution in [-0.2, 0) is 25.5 Å². The summed E-state index contributed by atoms with van der Waals surface area (Å²) in [7, 11) is 1.29. The minimum absolute atomic E-state index is 0.190. The highest BCUT2D eigenvalue weighted by molar-refractivity contribution is 8.01. The zero-order chi connectivity index (χ0) is 22.7. The smallest absolute Gasteiger partial charge is 0.333 e. The Kier molecular flexibility index (Phi) is 6.87. The molecule has 1 fully saturated rings. The van der Waals surface area contributed by atoms with Crippen molar-refractivity contribution in [2.45, 2.75) is 35.1 Å². The molecule has 3 atom stereocenters. The molecule has 4 rings (SSSR count). The molecule has 0 radical (unpaired) electrons. The van der Waals surface area contributed by atoms with Crippen molar-refractivity contribution in [1.82, 2.24) is 20.4 Å². The van der Waals surface area contributed by atoms with Crippen LogP contribution in [0.4, 0.5) is 0 Å². The van der Waals surface area contributed by atoms with E-state index in [1.165, 1.54) is 46.4 Å². The highest BCUT2D eigenvalue weighted by Crippen LogP contribution is 2.42. The molecular formula is C21H20N4O4S3. The number of benzene rings is 1. The van der Waals surface area contributed by atoms with E-state index in [4.69, 9.17) is 4.74 Å². The summed E-state index contributed by atoms with van der Waals surface area (Å²) in [5, 5.41) is 13.1. The summed E-state index contributed by atoms with van der Waals surface area (Å²) in [6, 6.07) is 11.0. The third-order valence-corrected chi connectivity index (χ3v) is 7.93. The number of likely N-dealkylation sites (tertiary alicyclic amines) is 1. The Morgan fingerprint density at radius 2 is 2.00 bits per heavy atom. The first-order chi connectivity index (χ1) is 15.5. The van der Waals surface area contributed by atoms with E-state index in [1.807, 2.05) is 30.5 Å². The number of ether oxygens (including phenoxy) is 1. The predicted octanol–water partition coefficient (Wildman–Crippen LogP) is 2.81. The normalized spacial score (nSPS) is 18.7. The van der Waals surface area contributed by atoms with E-state index in [0.29, 0.717) is 9.90 Å². The van der Waals surface area contributed by atoms with E-state index >= 15 is 0 Å². The lowest BCUT2D eigenvalue weighted by Gasteiger charge is -2.49. The zero-order valence-corrected chi connectivity index (χ0v) is 19.7. The first kappa shape index (κ1) is 22.4. The number of hydrogen-bond donors (Lipinski definition) is 1. The molecule has 1 N–H and O–H groups in total. The highest BCUT2D eigenvalue weighted by Gasteiger charge is 2.54. The van der Waals surface area contributed by atoms with Crippen molar-refractivity contribution in [2.75, 3.05) is 7.11 Å². The minimum Gasteiger partial charge on any atom is -0.467 e. The second-order valence-electron chi connectivity index (χ2n) is 6.98. The Labute approximate surface area is 197 Å². The number of carbonyl (C=O) groups excluding carboxylic acids is 3. The van der Waals surface area contributed by atoms with Crippen molar-refractivity contribution in [3.05, 3.63) is 63.3 Å². The van der Waals surface area contributed by atoms with Crippen molar-refractivity contribution >= 4 is 52.2 Å². The van der Waals surface area contributed by atoms with Crippen molar-refractivity contribution < 1.29 is 19.1 Å². The number of nitrogens with zero attached hydrogens (tertiary/aromatic N) is 3. The van der Waals surface area contributed by atoms with Gasteiger partial charge in [-0.05, 0) is 23.9 Å². The Bertz CT molecular complexity index is 1100. The van der Waals surface area contributed by atoms with Crippen LogP contribution in [0.5, 0.6) is 0 Å².